The quantitative estimate of drug-likeness (QED) is 0.645. The summed E-state index contributed by atoms with van der Waals surface area (Å²) in [5.41, 5.74) is 4.15. The van der Waals surface area contributed by atoms with E-state index in [9.17, 15) is 14.0 Å². The Morgan fingerprint density at radius 1 is 1.17 bits per heavy atom. The minimum atomic E-state index is -0.741. The number of rotatable bonds is 4. The number of aromatic nitrogens is 1. The predicted molar refractivity (Wildman–Crippen MR) is 115 cm³/mol. The van der Waals surface area contributed by atoms with Crippen LogP contribution in [0.2, 0.25) is 5.02 Å². The van der Waals surface area contributed by atoms with Crippen molar-refractivity contribution < 1.29 is 19.1 Å². The molecule has 1 amide bonds. The van der Waals surface area contributed by atoms with Gasteiger partial charge in [0.15, 0.2) is 0 Å². The van der Waals surface area contributed by atoms with Crippen molar-refractivity contribution in [2.45, 2.75) is 38.6 Å². The Morgan fingerprint density at radius 3 is 2.63 bits per heavy atom. The fourth-order valence-electron chi connectivity index (χ4n) is 3.80. The third-order valence-electron chi connectivity index (χ3n) is 5.19. The van der Waals surface area contributed by atoms with Crippen LogP contribution in [0, 0.1) is 5.82 Å². The van der Waals surface area contributed by atoms with Crippen LogP contribution >= 0.6 is 11.6 Å². The summed E-state index contributed by atoms with van der Waals surface area (Å²) in [6, 6.07) is 12.4. The largest absolute Gasteiger partial charge is 0.481 e. The molecule has 7 heteroatoms. The van der Waals surface area contributed by atoms with Crippen LogP contribution < -0.4 is 5.32 Å². The molecular weight excluding hydrogens is 407 g/mol. The standard InChI is InChI=1S/C14H15NO2.C9H9ClFNO/c16-14(17)9-11-10-5-1-2-6-12(10)15-8-4-3-7-13(11)15;1-12-9(13)5-6-2-3-8(11)7(10)4-6/h1-2,5-6H,3-4,7-9H2,(H,16,17);2-4H,5H2,1H3,(H,12,13). The Balaban J connectivity index is 0.000000178. The third-order valence-corrected chi connectivity index (χ3v) is 5.48. The molecule has 1 aliphatic rings. The fraction of sp³-hybridized carbons (Fsp3) is 0.304. The van der Waals surface area contributed by atoms with Gasteiger partial charge in [-0.1, -0.05) is 35.9 Å². The maximum Gasteiger partial charge on any atom is 0.307 e. The zero-order valence-corrected chi connectivity index (χ0v) is 17.5. The average Bonchev–Trinajstić information content (AvgIpc) is 3.05. The van der Waals surface area contributed by atoms with Crippen LogP contribution in [0.5, 0.6) is 0 Å². The molecule has 0 radical (unpaired) electrons. The highest BCUT2D eigenvalue weighted by atomic mass is 35.5. The number of carbonyl (C=O) groups excluding carboxylic acids is 1. The van der Waals surface area contributed by atoms with Gasteiger partial charge in [-0.15, -0.1) is 0 Å². The molecular formula is C23H24ClFN2O3. The molecule has 0 unspecified atom stereocenters. The van der Waals surface area contributed by atoms with E-state index in [0.717, 1.165) is 23.9 Å². The van der Waals surface area contributed by atoms with E-state index in [2.05, 4.69) is 16.0 Å². The van der Waals surface area contributed by atoms with Crippen molar-refractivity contribution in [2.24, 2.45) is 0 Å². The Bertz CT molecular complexity index is 1080. The fourth-order valence-corrected chi connectivity index (χ4v) is 4.01. The molecule has 0 fully saturated rings. The van der Waals surface area contributed by atoms with Crippen LogP contribution in [0.15, 0.2) is 42.5 Å². The van der Waals surface area contributed by atoms with Gasteiger partial charge < -0.3 is 15.0 Å². The lowest BCUT2D eigenvalue weighted by Gasteiger charge is -2.16. The normalized spacial score (nSPS) is 12.6. The number of hydrogen-bond acceptors (Lipinski definition) is 2. The number of amides is 1. The molecule has 0 bridgehead atoms. The van der Waals surface area contributed by atoms with Crippen molar-refractivity contribution >= 4 is 34.4 Å². The number of nitrogens with zero attached hydrogens (tertiary/aromatic N) is 1. The van der Waals surface area contributed by atoms with Crippen molar-refractivity contribution in [2.75, 3.05) is 7.05 Å². The van der Waals surface area contributed by atoms with Crippen molar-refractivity contribution in [3.63, 3.8) is 0 Å². The van der Waals surface area contributed by atoms with Gasteiger partial charge in [-0.2, -0.15) is 0 Å². The van der Waals surface area contributed by atoms with E-state index in [1.165, 1.54) is 42.3 Å². The van der Waals surface area contributed by atoms with Crippen LogP contribution in [0.1, 0.15) is 29.7 Å². The molecule has 3 aromatic rings. The number of aryl methyl sites for hydroxylation is 1. The number of halogens is 2. The highest BCUT2D eigenvalue weighted by Crippen LogP contribution is 2.31. The number of carboxylic acids is 1. The third kappa shape index (κ3) is 5.00. The summed E-state index contributed by atoms with van der Waals surface area (Å²) in [6.07, 6.45) is 3.73. The summed E-state index contributed by atoms with van der Waals surface area (Å²) in [6.45, 7) is 1.02. The van der Waals surface area contributed by atoms with Crippen LogP contribution in [0.4, 0.5) is 4.39 Å². The molecule has 30 heavy (non-hydrogen) atoms. The molecule has 2 heterocycles. The number of carbonyl (C=O) groups is 2. The number of nitrogens with one attached hydrogen (secondary N) is 1. The number of benzene rings is 2. The predicted octanol–water partition coefficient (Wildman–Crippen LogP) is 4.37. The number of para-hydroxylation sites is 1. The first-order chi connectivity index (χ1) is 14.4. The van der Waals surface area contributed by atoms with Gasteiger partial charge in [0.05, 0.1) is 17.9 Å². The first kappa shape index (κ1) is 21.8. The van der Waals surface area contributed by atoms with Crippen LogP contribution in [0.3, 0.4) is 0 Å². The number of aliphatic carboxylic acids is 1. The monoisotopic (exact) mass is 430 g/mol. The topological polar surface area (TPSA) is 71.3 Å². The minimum Gasteiger partial charge on any atom is -0.481 e. The Morgan fingerprint density at radius 2 is 1.93 bits per heavy atom. The second-order valence-electron chi connectivity index (χ2n) is 7.22. The number of hydrogen-bond donors (Lipinski definition) is 2. The smallest absolute Gasteiger partial charge is 0.307 e. The molecule has 5 nitrogen and oxygen atoms in total. The van der Waals surface area contributed by atoms with E-state index in [4.69, 9.17) is 16.7 Å². The number of likely N-dealkylation sites (N-methyl/N-ethyl adjacent to an activating group) is 1. The second kappa shape index (κ2) is 9.76. The number of carboxylic acid groups (broad SMARTS) is 1. The Kier molecular flexibility index (Phi) is 7.11. The molecule has 2 aromatic carbocycles. The molecule has 4 rings (SSSR count). The van der Waals surface area contributed by atoms with Gasteiger partial charge in [0, 0.05) is 30.2 Å². The summed E-state index contributed by atoms with van der Waals surface area (Å²) in [4.78, 5) is 21.9. The Labute approximate surface area is 179 Å². The molecule has 0 saturated heterocycles. The lowest BCUT2D eigenvalue weighted by atomic mass is 10.0. The van der Waals surface area contributed by atoms with E-state index in [1.807, 2.05) is 18.2 Å². The van der Waals surface area contributed by atoms with Crippen LogP contribution in [0.25, 0.3) is 10.9 Å². The highest BCUT2D eigenvalue weighted by molar-refractivity contribution is 6.30. The summed E-state index contributed by atoms with van der Waals surface area (Å²) in [7, 11) is 1.55. The molecule has 1 aromatic heterocycles. The van der Waals surface area contributed by atoms with E-state index in [-0.39, 0.29) is 23.8 Å². The molecule has 0 saturated carbocycles. The van der Waals surface area contributed by atoms with E-state index >= 15 is 0 Å². The van der Waals surface area contributed by atoms with E-state index in [1.54, 1.807) is 7.05 Å². The van der Waals surface area contributed by atoms with Gasteiger partial charge in [-0.05, 0) is 48.6 Å². The van der Waals surface area contributed by atoms with Gasteiger partial charge in [-0.3, -0.25) is 9.59 Å². The SMILES string of the molecule is CNC(=O)Cc1ccc(F)c(Cl)c1.O=C(O)Cc1c2n(c3ccccc13)CCCC2. The van der Waals surface area contributed by atoms with Gasteiger partial charge >= 0.3 is 5.97 Å². The lowest BCUT2D eigenvalue weighted by molar-refractivity contribution is -0.136. The number of fused-ring (bicyclic) bond motifs is 3. The maximum atomic E-state index is 12.7. The van der Waals surface area contributed by atoms with Crippen molar-refractivity contribution in [3.8, 4) is 0 Å². The molecule has 158 valence electrons. The molecule has 1 aliphatic heterocycles. The first-order valence-electron chi connectivity index (χ1n) is 9.86. The molecule has 0 atom stereocenters. The van der Waals surface area contributed by atoms with Gasteiger partial charge in [0.25, 0.3) is 0 Å². The van der Waals surface area contributed by atoms with Crippen LogP contribution in [-0.4, -0.2) is 28.6 Å². The van der Waals surface area contributed by atoms with Gasteiger partial charge in [-0.25, -0.2) is 4.39 Å². The van der Waals surface area contributed by atoms with E-state index < -0.39 is 11.8 Å². The van der Waals surface area contributed by atoms with Gasteiger partial charge in [0.1, 0.15) is 5.82 Å². The first-order valence-corrected chi connectivity index (χ1v) is 10.2. The summed E-state index contributed by atoms with van der Waals surface area (Å²) < 4.78 is 15.0. The van der Waals surface area contributed by atoms with Crippen molar-refractivity contribution in [1.29, 1.82) is 0 Å². The van der Waals surface area contributed by atoms with Crippen LogP contribution in [-0.2, 0) is 35.4 Å². The lowest BCUT2D eigenvalue weighted by Crippen LogP contribution is -2.19. The molecule has 0 spiro atoms. The second-order valence-corrected chi connectivity index (χ2v) is 7.63. The molecule has 2 N–H and O–H groups in total. The minimum absolute atomic E-state index is 0.0430. The van der Waals surface area contributed by atoms with E-state index in [0.29, 0.717) is 5.56 Å². The highest BCUT2D eigenvalue weighted by Gasteiger charge is 2.20. The van der Waals surface area contributed by atoms with Gasteiger partial charge in [0.2, 0.25) is 5.91 Å². The summed E-state index contributed by atoms with van der Waals surface area (Å²) in [5.74, 6) is -1.33. The maximum absolute atomic E-state index is 12.7. The average molecular weight is 431 g/mol. The zero-order chi connectivity index (χ0) is 21.7. The molecule has 0 aliphatic carbocycles. The zero-order valence-electron chi connectivity index (χ0n) is 16.8. The summed E-state index contributed by atoms with van der Waals surface area (Å²) in [5, 5.41) is 12.7. The van der Waals surface area contributed by atoms with Crippen molar-refractivity contribution in [3.05, 3.63) is 70.1 Å². The Hall–Kier alpha value is -2.86. The van der Waals surface area contributed by atoms with Crippen molar-refractivity contribution in [1.82, 2.24) is 9.88 Å². The summed E-state index contributed by atoms with van der Waals surface area (Å²) >= 11 is 5.53.